The second-order valence-electron chi connectivity index (χ2n) is 7.06. The molecule has 1 aromatic rings. The van der Waals surface area contributed by atoms with Crippen LogP contribution in [0.1, 0.15) is 51.1 Å². The maximum absolute atomic E-state index is 14.6. The van der Waals surface area contributed by atoms with Crippen molar-refractivity contribution in [1.29, 1.82) is 0 Å². The van der Waals surface area contributed by atoms with E-state index in [4.69, 9.17) is 0 Å². The third-order valence-electron chi connectivity index (χ3n) is 5.35. The number of nitrogens with zero attached hydrogens (tertiary/aromatic N) is 4. The lowest BCUT2D eigenvalue weighted by Crippen LogP contribution is -2.49. The zero-order valence-electron chi connectivity index (χ0n) is 15.0. The Kier molecular flexibility index (Phi) is 5.58. The van der Waals surface area contributed by atoms with Crippen LogP contribution in [0, 0.1) is 5.82 Å². The third-order valence-corrected chi connectivity index (χ3v) is 6.71. The Morgan fingerprint density at radius 1 is 1.16 bits per heavy atom. The molecule has 25 heavy (non-hydrogen) atoms. The standard InChI is InChI=1S/C17H27FN4O2S/c1-3-15-16(18)17(20-12-19-15)21-10-5-8-14(9-11-21)22(25(2,23)24)13-6-4-7-13/h12-14H,3-11H2,1-2H3/t14-/m0/s1. The zero-order valence-corrected chi connectivity index (χ0v) is 15.8. The van der Waals surface area contributed by atoms with E-state index in [1.54, 1.807) is 4.31 Å². The average Bonchev–Trinajstić information content (AvgIpc) is 2.75. The minimum absolute atomic E-state index is 0.000781. The van der Waals surface area contributed by atoms with Crippen molar-refractivity contribution in [2.24, 2.45) is 0 Å². The summed E-state index contributed by atoms with van der Waals surface area (Å²) in [4.78, 5) is 10.1. The molecule has 1 saturated heterocycles. The molecule has 1 atom stereocenters. The fraction of sp³-hybridized carbons (Fsp3) is 0.765. The number of anilines is 1. The van der Waals surface area contributed by atoms with Gasteiger partial charge in [-0.05, 0) is 38.5 Å². The molecular weight excluding hydrogens is 343 g/mol. The van der Waals surface area contributed by atoms with Gasteiger partial charge in [0.1, 0.15) is 6.33 Å². The van der Waals surface area contributed by atoms with E-state index in [0.29, 0.717) is 37.4 Å². The molecule has 8 heteroatoms. The van der Waals surface area contributed by atoms with Crippen LogP contribution in [0.3, 0.4) is 0 Å². The predicted molar refractivity (Wildman–Crippen MR) is 95.5 cm³/mol. The molecule has 6 nitrogen and oxygen atoms in total. The fourth-order valence-corrected chi connectivity index (χ4v) is 5.39. The highest BCUT2D eigenvalue weighted by molar-refractivity contribution is 7.88. The molecule has 0 amide bonds. The molecule has 1 aliphatic heterocycles. The molecule has 0 spiro atoms. The Hall–Kier alpha value is -1.28. The van der Waals surface area contributed by atoms with Crippen LogP contribution >= 0.6 is 0 Å². The van der Waals surface area contributed by atoms with E-state index in [9.17, 15) is 12.8 Å². The van der Waals surface area contributed by atoms with Crippen molar-refractivity contribution in [3.8, 4) is 0 Å². The lowest BCUT2D eigenvalue weighted by molar-refractivity contribution is 0.164. The summed E-state index contributed by atoms with van der Waals surface area (Å²) >= 11 is 0. The molecule has 2 fully saturated rings. The first-order chi connectivity index (χ1) is 11.9. The Labute approximate surface area is 149 Å². The maximum atomic E-state index is 14.6. The minimum Gasteiger partial charge on any atom is -0.354 e. The van der Waals surface area contributed by atoms with Gasteiger partial charge in [0, 0.05) is 25.2 Å². The Bertz CT molecular complexity index is 709. The van der Waals surface area contributed by atoms with Gasteiger partial charge >= 0.3 is 0 Å². The monoisotopic (exact) mass is 370 g/mol. The van der Waals surface area contributed by atoms with Crippen LogP contribution in [0.15, 0.2) is 6.33 Å². The molecule has 140 valence electrons. The van der Waals surface area contributed by atoms with Crippen LogP contribution in [0.2, 0.25) is 0 Å². The van der Waals surface area contributed by atoms with Crippen LogP contribution in [-0.2, 0) is 16.4 Å². The van der Waals surface area contributed by atoms with Gasteiger partial charge in [0.05, 0.1) is 11.9 Å². The molecule has 1 aromatic heterocycles. The van der Waals surface area contributed by atoms with Gasteiger partial charge in [-0.3, -0.25) is 0 Å². The highest BCUT2D eigenvalue weighted by atomic mass is 32.2. The zero-order chi connectivity index (χ0) is 18.0. The number of rotatable bonds is 5. The van der Waals surface area contributed by atoms with Crippen molar-refractivity contribution in [2.75, 3.05) is 24.2 Å². The van der Waals surface area contributed by atoms with E-state index in [1.807, 2.05) is 11.8 Å². The molecule has 1 aliphatic carbocycles. The highest BCUT2D eigenvalue weighted by Gasteiger charge is 2.37. The summed E-state index contributed by atoms with van der Waals surface area (Å²) in [6.45, 7) is 3.17. The second kappa shape index (κ2) is 7.53. The first-order valence-corrected chi connectivity index (χ1v) is 11.0. The average molecular weight is 370 g/mol. The van der Waals surface area contributed by atoms with Gasteiger partial charge in [0.25, 0.3) is 0 Å². The molecule has 1 saturated carbocycles. The summed E-state index contributed by atoms with van der Waals surface area (Å²) in [5.41, 5.74) is 0.429. The third kappa shape index (κ3) is 3.95. The van der Waals surface area contributed by atoms with Crippen LogP contribution < -0.4 is 4.90 Å². The molecular formula is C17H27FN4O2S. The summed E-state index contributed by atoms with van der Waals surface area (Å²) in [6, 6.07) is 0.148. The van der Waals surface area contributed by atoms with Crippen LogP contribution in [-0.4, -0.2) is 54.1 Å². The number of aromatic nitrogens is 2. The Balaban J connectivity index is 1.76. The number of halogens is 1. The number of hydrogen-bond acceptors (Lipinski definition) is 5. The number of sulfonamides is 1. The van der Waals surface area contributed by atoms with Crippen molar-refractivity contribution in [1.82, 2.24) is 14.3 Å². The summed E-state index contributed by atoms with van der Waals surface area (Å²) in [7, 11) is -3.23. The quantitative estimate of drug-likeness (QED) is 0.796. The van der Waals surface area contributed by atoms with E-state index < -0.39 is 10.0 Å². The van der Waals surface area contributed by atoms with Gasteiger partial charge in [-0.25, -0.2) is 22.8 Å². The highest BCUT2D eigenvalue weighted by Crippen LogP contribution is 2.32. The van der Waals surface area contributed by atoms with E-state index in [1.165, 1.54) is 12.6 Å². The van der Waals surface area contributed by atoms with Crippen LogP contribution in [0.4, 0.5) is 10.2 Å². The SMILES string of the molecule is CCc1ncnc(N2CCC[C@H](N(C3CCC3)S(C)(=O)=O)CC2)c1F. The molecule has 0 aromatic carbocycles. The molecule has 2 aliphatic rings. The summed E-state index contributed by atoms with van der Waals surface area (Å²) in [5, 5.41) is 0. The molecule has 0 unspecified atom stereocenters. The Morgan fingerprint density at radius 3 is 2.44 bits per heavy atom. The summed E-state index contributed by atoms with van der Waals surface area (Å²) in [6.07, 6.45) is 8.60. The van der Waals surface area contributed by atoms with E-state index in [-0.39, 0.29) is 17.9 Å². The Morgan fingerprint density at radius 2 is 1.84 bits per heavy atom. The molecule has 3 rings (SSSR count). The van der Waals surface area contributed by atoms with Crippen molar-refractivity contribution >= 4 is 15.8 Å². The number of aryl methyl sites for hydroxylation is 1. The largest absolute Gasteiger partial charge is 0.354 e. The van der Waals surface area contributed by atoms with E-state index in [0.717, 1.165) is 32.1 Å². The van der Waals surface area contributed by atoms with E-state index in [2.05, 4.69) is 9.97 Å². The second-order valence-corrected chi connectivity index (χ2v) is 8.95. The topological polar surface area (TPSA) is 66.4 Å². The molecule has 0 bridgehead atoms. The van der Waals surface area contributed by atoms with Gasteiger partial charge in [-0.1, -0.05) is 13.3 Å². The van der Waals surface area contributed by atoms with Gasteiger partial charge < -0.3 is 4.90 Å². The molecule has 0 N–H and O–H groups in total. The normalized spacial score (nSPS) is 22.7. The van der Waals surface area contributed by atoms with Crippen LogP contribution in [0.5, 0.6) is 0 Å². The molecule has 2 heterocycles. The smallest absolute Gasteiger partial charge is 0.211 e. The minimum atomic E-state index is -3.23. The van der Waals surface area contributed by atoms with Crippen molar-refractivity contribution in [3.05, 3.63) is 17.8 Å². The first-order valence-electron chi connectivity index (χ1n) is 9.14. The lowest BCUT2D eigenvalue weighted by Gasteiger charge is -2.40. The maximum Gasteiger partial charge on any atom is 0.211 e. The van der Waals surface area contributed by atoms with Gasteiger partial charge in [0.2, 0.25) is 10.0 Å². The lowest BCUT2D eigenvalue weighted by atomic mass is 9.91. The van der Waals surface area contributed by atoms with Crippen molar-refractivity contribution < 1.29 is 12.8 Å². The molecule has 0 radical (unpaired) electrons. The fourth-order valence-electron chi connectivity index (χ4n) is 3.89. The first kappa shape index (κ1) is 18.5. The van der Waals surface area contributed by atoms with Gasteiger partial charge in [-0.2, -0.15) is 4.31 Å². The van der Waals surface area contributed by atoms with E-state index >= 15 is 0 Å². The predicted octanol–water partition coefficient (Wildman–Crippen LogP) is 2.35. The van der Waals surface area contributed by atoms with Crippen LogP contribution in [0.25, 0.3) is 0 Å². The van der Waals surface area contributed by atoms with Crippen molar-refractivity contribution in [3.63, 3.8) is 0 Å². The van der Waals surface area contributed by atoms with Crippen molar-refractivity contribution in [2.45, 2.75) is 64.0 Å². The van der Waals surface area contributed by atoms with Gasteiger partial charge in [0.15, 0.2) is 11.6 Å². The van der Waals surface area contributed by atoms with Gasteiger partial charge in [-0.15, -0.1) is 0 Å². The summed E-state index contributed by atoms with van der Waals surface area (Å²) in [5.74, 6) is 0.00413. The number of hydrogen-bond donors (Lipinski definition) is 0. The summed E-state index contributed by atoms with van der Waals surface area (Å²) < 4.78 is 40.9.